The van der Waals surface area contributed by atoms with Gasteiger partial charge in [-0.1, -0.05) is 48.1 Å². The van der Waals surface area contributed by atoms with Crippen molar-refractivity contribution in [1.29, 1.82) is 0 Å². The van der Waals surface area contributed by atoms with Crippen LogP contribution in [0.1, 0.15) is 54.2 Å². The third kappa shape index (κ3) is 6.19. The normalized spacial score (nSPS) is 22.4. The van der Waals surface area contributed by atoms with Gasteiger partial charge in [0.15, 0.2) is 6.10 Å². The molecular formula is C23H37F2N3O7Si. The smallest absolute Gasteiger partial charge is 0.351 e. The lowest BCUT2D eigenvalue weighted by atomic mass is 10.1. The monoisotopic (exact) mass is 533 g/mol. The number of aliphatic hydroxyl groups excluding tert-OH is 1. The molecule has 0 aliphatic carbocycles. The number of nitrogens with zero attached hydrogens (tertiary/aromatic N) is 2. The standard InChI is InChI=1S/C23H37F2N3O7Si/c1-8-17(29)32-12-9-13-33-36(21(2,3)4,22(5,6)7)34-14-15-18(30)23(24,25)19(35-15)28-11-10-16(26)27-20(28)31/h8,10-11,15,18-19,30H,1,9,12-14H2,2-7H3,(H2,26,27,31)/t15-,18-,19-/m1/s1. The summed E-state index contributed by atoms with van der Waals surface area (Å²) in [4.78, 5) is 26.9. The molecule has 0 saturated carbocycles. The molecule has 2 heterocycles. The third-order valence-electron chi connectivity index (χ3n) is 5.91. The summed E-state index contributed by atoms with van der Waals surface area (Å²) < 4.78 is 53.7. The summed E-state index contributed by atoms with van der Waals surface area (Å²) in [5.41, 5.74) is 4.42. The molecule has 1 fully saturated rings. The fourth-order valence-electron chi connectivity index (χ4n) is 4.45. The third-order valence-corrected chi connectivity index (χ3v) is 11.0. The summed E-state index contributed by atoms with van der Waals surface area (Å²) in [5, 5.41) is 9.38. The van der Waals surface area contributed by atoms with Crippen LogP contribution in [0.15, 0.2) is 29.7 Å². The zero-order valence-electron chi connectivity index (χ0n) is 21.6. The molecule has 1 aromatic heterocycles. The van der Waals surface area contributed by atoms with Crippen molar-refractivity contribution < 1.29 is 37.0 Å². The number of rotatable bonds is 10. The van der Waals surface area contributed by atoms with Gasteiger partial charge in [0.25, 0.3) is 0 Å². The molecule has 1 aromatic rings. The Kier molecular flexibility index (Phi) is 9.22. The van der Waals surface area contributed by atoms with E-state index in [0.717, 1.165) is 12.3 Å². The molecule has 2 rings (SSSR count). The highest BCUT2D eigenvalue weighted by Gasteiger charge is 2.62. The lowest BCUT2D eigenvalue weighted by molar-refractivity contribution is -0.141. The van der Waals surface area contributed by atoms with Gasteiger partial charge in [0.05, 0.1) is 13.2 Å². The van der Waals surface area contributed by atoms with Crippen LogP contribution in [0.4, 0.5) is 14.6 Å². The molecule has 36 heavy (non-hydrogen) atoms. The van der Waals surface area contributed by atoms with Crippen molar-refractivity contribution in [1.82, 2.24) is 9.55 Å². The van der Waals surface area contributed by atoms with E-state index in [9.17, 15) is 23.5 Å². The molecule has 0 unspecified atom stereocenters. The molecule has 0 radical (unpaired) electrons. The Hall–Kier alpha value is -2.19. The SMILES string of the molecule is C=CC(=O)OCCCO[Si](OC[C@H]1O[C@@H](n2ccc(N)nc2=O)C(F)(F)[C@@H]1O)(C(C)(C)C)C(C)(C)C. The first-order valence-corrected chi connectivity index (χ1v) is 13.4. The highest BCUT2D eigenvalue weighted by Crippen LogP contribution is 2.53. The first kappa shape index (κ1) is 30.0. The number of carbonyl (C=O) groups excluding carboxylic acids is 1. The number of ether oxygens (including phenoxy) is 2. The Morgan fingerprint density at radius 2 is 1.89 bits per heavy atom. The van der Waals surface area contributed by atoms with Gasteiger partial charge in [-0.3, -0.25) is 4.57 Å². The van der Waals surface area contributed by atoms with Crippen LogP contribution in [0.3, 0.4) is 0 Å². The fraction of sp³-hybridized carbons (Fsp3) is 0.696. The van der Waals surface area contributed by atoms with Crippen molar-refractivity contribution >= 4 is 20.3 Å². The zero-order valence-corrected chi connectivity index (χ0v) is 22.6. The molecule has 0 amide bonds. The molecule has 1 saturated heterocycles. The predicted molar refractivity (Wildman–Crippen MR) is 131 cm³/mol. The molecule has 3 N–H and O–H groups in total. The minimum Gasteiger partial charge on any atom is -0.462 e. The van der Waals surface area contributed by atoms with Crippen molar-refractivity contribution in [3.8, 4) is 0 Å². The summed E-state index contributed by atoms with van der Waals surface area (Å²) in [6.07, 6.45) is -3.26. The van der Waals surface area contributed by atoms with Crippen molar-refractivity contribution in [3.63, 3.8) is 0 Å². The number of aromatic nitrogens is 2. The molecule has 1 aliphatic heterocycles. The van der Waals surface area contributed by atoms with Gasteiger partial charge in [0.1, 0.15) is 11.9 Å². The maximum absolute atomic E-state index is 15.0. The van der Waals surface area contributed by atoms with Crippen LogP contribution in [0.25, 0.3) is 0 Å². The minimum absolute atomic E-state index is 0.117. The van der Waals surface area contributed by atoms with Gasteiger partial charge in [0.2, 0.25) is 6.23 Å². The second kappa shape index (κ2) is 11.0. The van der Waals surface area contributed by atoms with Crippen LogP contribution >= 0.6 is 0 Å². The molecule has 13 heteroatoms. The van der Waals surface area contributed by atoms with Gasteiger partial charge in [-0.05, 0) is 6.07 Å². The highest BCUT2D eigenvalue weighted by atomic mass is 28.4. The predicted octanol–water partition coefficient (Wildman–Crippen LogP) is 2.91. The number of halogens is 2. The number of nitrogens with two attached hydrogens (primary N) is 1. The lowest BCUT2D eigenvalue weighted by Gasteiger charge is -2.49. The number of anilines is 1. The molecule has 3 atom stereocenters. The number of hydrogen-bond acceptors (Lipinski definition) is 9. The van der Waals surface area contributed by atoms with E-state index in [-0.39, 0.29) is 19.0 Å². The van der Waals surface area contributed by atoms with Crippen LogP contribution in [0.5, 0.6) is 0 Å². The zero-order chi connectivity index (χ0) is 27.5. The van der Waals surface area contributed by atoms with E-state index in [1.807, 2.05) is 41.5 Å². The highest BCUT2D eigenvalue weighted by molar-refractivity contribution is 6.73. The summed E-state index contributed by atoms with van der Waals surface area (Å²) in [7, 11) is -3.24. The summed E-state index contributed by atoms with van der Waals surface area (Å²) >= 11 is 0. The number of aliphatic hydroxyl groups is 1. The first-order chi connectivity index (χ1) is 16.5. The Labute approximate surface area is 210 Å². The van der Waals surface area contributed by atoms with Crippen molar-refractivity contribution in [2.24, 2.45) is 0 Å². The average molecular weight is 534 g/mol. The van der Waals surface area contributed by atoms with E-state index < -0.39 is 61.3 Å². The van der Waals surface area contributed by atoms with E-state index in [0.29, 0.717) is 11.0 Å². The number of esters is 1. The number of hydrogen-bond donors (Lipinski definition) is 2. The van der Waals surface area contributed by atoms with Gasteiger partial charge in [-0.15, -0.1) is 0 Å². The Morgan fingerprint density at radius 1 is 1.28 bits per heavy atom. The van der Waals surface area contributed by atoms with Gasteiger partial charge >= 0.3 is 26.1 Å². The Bertz CT molecular complexity index is 977. The quantitative estimate of drug-likeness (QED) is 0.201. The van der Waals surface area contributed by atoms with Gasteiger partial charge in [-0.25, -0.2) is 9.59 Å². The molecule has 1 aliphatic rings. The molecule has 0 aromatic carbocycles. The van der Waals surface area contributed by atoms with Crippen molar-refractivity contribution in [3.05, 3.63) is 35.4 Å². The van der Waals surface area contributed by atoms with E-state index >= 15 is 0 Å². The molecule has 10 nitrogen and oxygen atoms in total. The Morgan fingerprint density at radius 3 is 2.42 bits per heavy atom. The number of nitrogen functional groups attached to an aromatic ring is 1. The lowest BCUT2D eigenvalue weighted by Crippen LogP contribution is -2.58. The number of carbonyl (C=O) groups is 1. The molecular weight excluding hydrogens is 496 g/mol. The Balaban J connectivity index is 2.24. The molecule has 0 bridgehead atoms. The maximum atomic E-state index is 15.0. The largest absolute Gasteiger partial charge is 0.462 e. The van der Waals surface area contributed by atoms with E-state index in [2.05, 4.69) is 11.6 Å². The van der Waals surface area contributed by atoms with E-state index in [1.165, 1.54) is 6.07 Å². The minimum atomic E-state index is -3.79. The summed E-state index contributed by atoms with van der Waals surface area (Å²) in [6, 6.07) is 1.19. The molecule has 204 valence electrons. The summed E-state index contributed by atoms with van der Waals surface area (Å²) in [6.45, 7) is 14.9. The average Bonchev–Trinajstić information content (AvgIpc) is 2.97. The van der Waals surface area contributed by atoms with Gasteiger partial charge in [-0.2, -0.15) is 13.8 Å². The summed E-state index contributed by atoms with van der Waals surface area (Å²) in [5.74, 6) is -4.46. The molecule has 0 spiro atoms. The van der Waals surface area contributed by atoms with Crippen LogP contribution in [-0.4, -0.2) is 67.1 Å². The van der Waals surface area contributed by atoms with Crippen LogP contribution in [0.2, 0.25) is 10.1 Å². The van der Waals surface area contributed by atoms with Crippen LogP contribution in [0, 0.1) is 0 Å². The van der Waals surface area contributed by atoms with Crippen molar-refractivity contribution in [2.45, 2.75) is 82.4 Å². The van der Waals surface area contributed by atoms with E-state index in [4.69, 9.17) is 24.1 Å². The van der Waals surface area contributed by atoms with Crippen LogP contribution in [-0.2, 0) is 23.1 Å². The topological polar surface area (TPSA) is 135 Å². The van der Waals surface area contributed by atoms with Crippen molar-refractivity contribution in [2.75, 3.05) is 25.6 Å². The van der Waals surface area contributed by atoms with E-state index in [1.54, 1.807) is 0 Å². The van der Waals surface area contributed by atoms with Gasteiger partial charge < -0.3 is 29.2 Å². The second-order valence-corrected chi connectivity index (χ2v) is 15.5. The fourth-order valence-corrected chi connectivity index (χ4v) is 9.35. The first-order valence-electron chi connectivity index (χ1n) is 11.6. The van der Waals surface area contributed by atoms with Gasteiger partial charge in [0, 0.05) is 35.4 Å². The number of alkyl halides is 2. The second-order valence-electron chi connectivity index (χ2n) is 10.7. The van der Waals surface area contributed by atoms with Crippen LogP contribution < -0.4 is 11.4 Å². The maximum Gasteiger partial charge on any atom is 0.351 e.